The fourth-order valence-electron chi connectivity index (χ4n) is 6.37. The van der Waals surface area contributed by atoms with Crippen LogP contribution in [0.5, 0.6) is 0 Å². The molecule has 1 aliphatic carbocycles. The van der Waals surface area contributed by atoms with Gasteiger partial charge in [-0.3, -0.25) is 19.4 Å². The Kier molecular flexibility index (Phi) is 7.04. The van der Waals surface area contributed by atoms with Crippen LogP contribution in [0.4, 0.5) is 14.5 Å². The summed E-state index contributed by atoms with van der Waals surface area (Å²) in [7, 11) is 0. The van der Waals surface area contributed by atoms with Gasteiger partial charge in [0.2, 0.25) is 0 Å². The molecular formula is C32H25ClF2N6O3. The molecule has 9 nitrogen and oxygen atoms in total. The molecule has 4 atom stereocenters. The quantitative estimate of drug-likeness (QED) is 0.343. The molecule has 1 saturated carbocycles. The number of amides is 3. The number of benzene rings is 3. The standard InChI is InChI=1S/C32H25ClF2N6O3/c33-21-8-14-24(15-9-21)40-31(43)28-30(32(40)44)39(38-36-28)17-26(42)41-29(19-6-12-23(35)13-7-19)25-3-1-2-20(27(25)37-41)16-18-4-10-22(34)11-5-18/h4-16,25,28-30H,1-3,17H2/b20-16+/t25-,28-,29+,30+/m0/s1. The maximum Gasteiger partial charge on any atom is 0.264 e. The van der Waals surface area contributed by atoms with Crippen molar-refractivity contribution in [3.05, 3.63) is 106 Å². The Morgan fingerprint density at radius 1 is 0.909 bits per heavy atom. The predicted octanol–water partition coefficient (Wildman–Crippen LogP) is 5.73. The van der Waals surface area contributed by atoms with Crippen LogP contribution in [-0.4, -0.2) is 52.1 Å². The molecule has 222 valence electrons. The molecule has 3 amide bonds. The van der Waals surface area contributed by atoms with Crippen LogP contribution in [0.1, 0.15) is 36.4 Å². The van der Waals surface area contributed by atoms with Crippen molar-refractivity contribution in [2.45, 2.75) is 37.4 Å². The Balaban J connectivity index is 1.18. The van der Waals surface area contributed by atoms with E-state index in [1.807, 2.05) is 6.08 Å². The van der Waals surface area contributed by atoms with Crippen molar-refractivity contribution in [3.63, 3.8) is 0 Å². The summed E-state index contributed by atoms with van der Waals surface area (Å²) < 4.78 is 27.4. The first-order valence-electron chi connectivity index (χ1n) is 14.2. The minimum atomic E-state index is -1.07. The first kappa shape index (κ1) is 28.0. The largest absolute Gasteiger partial charge is 0.271 e. The lowest BCUT2D eigenvalue weighted by Crippen LogP contribution is -2.45. The van der Waals surface area contributed by atoms with Crippen molar-refractivity contribution in [3.8, 4) is 0 Å². The number of hydrogen-bond acceptors (Lipinski definition) is 7. The van der Waals surface area contributed by atoms with Gasteiger partial charge in [0.25, 0.3) is 17.7 Å². The highest BCUT2D eigenvalue weighted by atomic mass is 35.5. The highest BCUT2D eigenvalue weighted by molar-refractivity contribution is 6.31. The van der Waals surface area contributed by atoms with Gasteiger partial charge < -0.3 is 0 Å². The fourth-order valence-corrected chi connectivity index (χ4v) is 6.50. The van der Waals surface area contributed by atoms with Gasteiger partial charge in [-0.2, -0.15) is 10.2 Å². The third-order valence-electron chi connectivity index (χ3n) is 8.42. The fraction of sp³-hybridized carbons (Fsp3) is 0.250. The lowest BCUT2D eigenvalue weighted by molar-refractivity contribution is -0.136. The zero-order valence-corrected chi connectivity index (χ0v) is 23.9. The van der Waals surface area contributed by atoms with E-state index < -0.39 is 41.7 Å². The highest BCUT2D eigenvalue weighted by Gasteiger charge is 2.55. The lowest BCUT2D eigenvalue weighted by Gasteiger charge is -2.30. The Morgan fingerprint density at radius 2 is 1.59 bits per heavy atom. The van der Waals surface area contributed by atoms with Crippen LogP contribution in [0.2, 0.25) is 5.02 Å². The van der Waals surface area contributed by atoms with E-state index >= 15 is 0 Å². The summed E-state index contributed by atoms with van der Waals surface area (Å²) in [6.07, 6.45) is 4.28. The van der Waals surface area contributed by atoms with Crippen molar-refractivity contribution in [1.82, 2.24) is 10.0 Å². The third kappa shape index (κ3) is 4.86. The Hall–Kier alpha value is -4.77. The van der Waals surface area contributed by atoms with E-state index in [0.717, 1.165) is 41.0 Å². The molecule has 7 rings (SSSR count). The zero-order valence-electron chi connectivity index (χ0n) is 23.2. The average Bonchev–Trinajstić information content (AvgIpc) is 3.69. The second kappa shape index (κ2) is 11.1. The molecule has 3 aliphatic heterocycles. The second-order valence-electron chi connectivity index (χ2n) is 11.1. The average molecular weight is 615 g/mol. The highest BCUT2D eigenvalue weighted by Crippen LogP contribution is 2.45. The van der Waals surface area contributed by atoms with E-state index in [1.54, 1.807) is 48.5 Å². The summed E-state index contributed by atoms with van der Waals surface area (Å²) in [5, 5.41) is 16.0. The Labute approximate surface area is 256 Å². The SMILES string of the molecule is O=C1[C@H]2N=NN(CC(=O)N3N=C4/C(=C/c5ccc(F)cc5)CCC[C@@H]4[C@H]3c3ccc(F)cc3)[C@H]2C(=O)N1c1ccc(Cl)cc1. The summed E-state index contributed by atoms with van der Waals surface area (Å²) in [6.45, 7) is -0.351. The van der Waals surface area contributed by atoms with Crippen LogP contribution in [-0.2, 0) is 14.4 Å². The van der Waals surface area contributed by atoms with Crippen molar-refractivity contribution in [2.75, 3.05) is 11.4 Å². The number of halogens is 3. The summed E-state index contributed by atoms with van der Waals surface area (Å²) in [6, 6.07) is 15.8. The molecule has 12 heteroatoms. The molecule has 0 bridgehead atoms. The molecule has 0 spiro atoms. The van der Waals surface area contributed by atoms with Gasteiger partial charge in [-0.1, -0.05) is 41.1 Å². The van der Waals surface area contributed by atoms with Crippen molar-refractivity contribution in [2.24, 2.45) is 21.4 Å². The maximum absolute atomic E-state index is 14.0. The smallest absolute Gasteiger partial charge is 0.264 e. The van der Waals surface area contributed by atoms with E-state index in [1.165, 1.54) is 34.3 Å². The topological polar surface area (TPSA) is 98.0 Å². The van der Waals surface area contributed by atoms with Crippen molar-refractivity contribution >= 4 is 46.8 Å². The van der Waals surface area contributed by atoms with Crippen LogP contribution in [0.15, 0.2) is 93.8 Å². The van der Waals surface area contributed by atoms with Gasteiger partial charge in [-0.05, 0) is 90.6 Å². The normalized spacial score (nSPS) is 25.1. The molecule has 3 aromatic rings. The van der Waals surface area contributed by atoms with Crippen LogP contribution in [0.25, 0.3) is 6.08 Å². The van der Waals surface area contributed by atoms with Gasteiger partial charge in [0.05, 0.1) is 17.4 Å². The van der Waals surface area contributed by atoms with E-state index in [2.05, 4.69) is 10.3 Å². The number of imide groups is 1. The van der Waals surface area contributed by atoms with Crippen LogP contribution in [0.3, 0.4) is 0 Å². The van der Waals surface area contributed by atoms with E-state index in [9.17, 15) is 23.2 Å². The summed E-state index contributed by atoms with van der Waals surface area (Å²) in [4.78, 5) is 41.6. The van der Waals surface area contributed by atoms with Crippen molar-refractivity contribution in [1.29, 1.82) is 0 Å². The van der Waals surface area contributed by atoms with Gasteiger partial charge in [-0.25, -0.2) is 18.7 Å². The van der Waals surface area contributed by atoms with Gasteiger partial charge in [0.15, 0.2) is 12.1 Å². The number of nitrogens with zero attached hydrogens (tertiary/aromatic N) is 6. The predicted molar refractivity (Wildman–Crippen MR) is 158 cm³/mol. The monoisotopic (exact) mass is 614 g/mol. The molecule has 0 unspecified atom stereocenters. The Bertz CT molecular complexity index is 1740. The number of carbonyl (C=O) groups excluding carboxylic acids is 3. The molecule has 3 heterocycles. The lowest BCUT2D eigenvalue weighted by atomic mass is 9.77. The number of carbonyl (C=O) groups is 3. The third-order valence-corrected chi connectivity index (χ3v) is 8.67. The molecular weight excluding hydrogens is 590 g/mol. The number of hydrazone groups is 1. The molecule has 44 heavy (non-hydrogen) atoms. The zero-order chi connectivity index (χ0) is 30.5. The number of anilines is 1. The summed E-state index contributed by atoms with van der Waals surface area (Å²) in [5.41, 5.74) is 3.56. The minimum absolute atomic E-state index is 0.159. The van der Waals surface area contributed by atoms with E-state index in [4.69, 9.17) is 16.7 Å². The molecule has 4 aliphatic rings. The van der Waals surface area contributed by atoms with Crippen LogP contribution >= 0.6 is 11.6 Å². The molecule has 0 N–H and O–H groups in total. The van der Waals surface area contributed by atoms with Crippen LogP contribution in [0, 0.1) is 17.6 Å². The van der Waals surface area contributed by atoms with Gasteiger partial charge in [0, 0.05) is 10.9 Å². The van der Waals surface area contributed by atoms with Gasteiger partial charge in [0.1, 0.15) is 18.2 Å². The number of hydrogen-bond donors (Lipinski definition) is 0. The molecule has 0 radical (unpaired) electrons. The van der Waals surface area contributed by atoms with Crippen LogP contribution < -0.4 is 4.90 Å². The Morgan fingerprint density at radius 3 is 2.30 bits per heavy atom. The summed E-state index contributed by atoms with van der Waals surface area (Å²) >= 11 is 5.98. The molecule has 3 aromatic carbocycles. The van der Waals surface area contributed by atoms with Crippen molar-refractivity contribution < 1.29 is 23.2 Å². The molecule has 2 fully saturated rings. The van der Waals surface area contributed by atoms with E-state index in [-0.39, 0.29) is 18.3 Å². The number of allylic oxidation sites excluding steroid dienone is 1. The van der Waals surface area contributed by atoms with E-state index in [0.29, 0.717) is 16.3 Å². The summed E-state index contributed by atoms with van der Waals surface area (Å²) in [5.74, 6) is -2.42. The minimum Gasteiger partial charge on any atom is -0.271 e. The first-order chi connectivity index (χ1) is 21.3. The number of fused-ring (bicyclic) bond motifs is 2. The van der Waals surface area contributed by atoms with Gasteiger partial charge in [-0.15, -0.1) is 0 Å². The molecule has 0 aromatic heterocycles. The first-order valence-corrected chi connectivity index (χ1v) is 14.6. The maximum atomic E-state index is 14.0. The molecule has 1 saturated heterocycles. The number of rotatable bonds is 5. The second-order valence-corrected chi connectivity index (χ2v) is 11.6. The van der Waals surface area contributed by atoms with Gasteiger partial charge >= 0.3 is 0 Å².